The number of nitrogens with zero attached hydrogens (tertiary/aromatic N) is 2. The van der Waals surface area contributed by atoms with Crippen LogP contribution in [0.4, 0.5) is 0 Å². The van der Waals surface area contributed by atoms with Crippen molar-refractivity contribution in [2.24, 2.45) is 0 Å². The first-order valence-electron chi connectivity index (χ1n) is 3.91. The van der Waals surface area contributed by atoms with Gasteiger partial charge in [-0.3, -0.25) is 0 Å². The minimum Gasteiger partial charge on any atom is -0.481 e. The van der Waals surface area contributed by atoms with E-state index in [1.165, 1.54) is 0 Å². The number of hydrogen-bond donors (Lipinski definition) is 0. The van der Waals surface area contributed by atoms with E-state index in [1.54, 1.807) is 19.4 Å². The fourth-order valence-electron chi connectivity index (χ4n) is 0.939. The van der Waals surface area contributed by atoms with Crippen molar-refractivity contribution in [2.75, 3.05) is 7.11 Å². The van der Waals surface area contributed by atoms with Gasteiger partial charge in [0.15, 0.2) is 0 Å². The van der Waals surface area contributed by atoms with Gasteiger partial charge >= 0.3 is 0 Å². The molecule has 3 heteroatoms. The maximum absolute atomic E-state index is 8.32. The van der Waals surface area contributed by atoms with Crippen molar-refractivity contribution in [2.45, 2.75) is 6.42 Å². The molecule has 0 aliphatic heterocycles. The molecule has 0 bridgehead atoms. The smallest absolute Gasteiger partial charge is 0.220 e. The Morgan fingerprint density at radius 1 is 1.69 bits per heavy atom. The second kappa shape index (κ2) is 4.94. The zero-order valence-corrected chi connectivity index (χ0v) is 7.40. The van der Waals surface area contributed by atoms with Crippen LogP contribution in [0.2, 0.25) is 0 Å². The van der Waals surface area contributed by atoms with E-state index in [-0.39, 0.29) is 0 Å². The Hall–Kier alpha value is -1.82. The lowest BCUT2D eigenvalue weighted by molar-refractivity contribution is 0.397. The predicted octanol–water partition coefficient (Wildman–Crippen LogP) is 2.02. The summed E-state index contributed by atoms with van der Waals surface area (Å²) in [6, 6.07) is 5.74. The Kier molecular flexibility index (Phi) is 3.52. The highest BCUT2D eigenvalue weighted by atomic mass is 16.5. The molecule has 0 aliphatic rings. The lowest BCUT2D eigenvalue weighted by Gasteiger charge is -2.00. The highest BCUT2D eigenvalue weighted by Crippen LogP contribution is 2.14. The van der Waals surface area contributed by atoms with Crippen LogP contribution < -0.4 is 4.74 Å². The number of allylic oxidation sites excluding steroid dienone is 1. The van der Waals surface area contributed by atoms with E-state index in [0.29, 0.717) is 12.3 Å². The molecule has 0 saturated heterocycles. The summed E-state index contributed by atoms with van der Waals surface area (Å²) in [7, 11) is 1.57. The van der Waals surface area contributed by atoms with Gasteiger partial charge in [0.25, 0.3) is 0 Å². The first kappa shape index (κ1) is 9.27. The monoisotopic (exact) mass is 174 g/mol. The van der Waals surface area contributed by atoms with Crippen molar-refractivity contribution in [1.82, 2.24) is 4.98 Å². The molecular formula is C10H10N2O. The van der Waals surface area contributed by atoms with Crippen molar-refractivity contribution in [1.29, 1.82) is 5.26 Å². The summed E-state index contributed by atoms with van der Waals surface area (Å²) in [5, 5.41) is 8.32. The molecule has 1 aromatic rings. The van der Waals surface area contributed by atoms with E-state index in [4.69, 9.17) is 10.00 Å². The third-order valence-electron chi connectivity index (χ3n) is 1.50. The topological polar surface area (TPSA) is 45.9 Å². The van der Waals surface area contributed by atoms with Crippen molar-refractivity contribution < 1.29 is 4.74 Å². The molecule has 1 heterocycles. The quantitative estimate of drug-likeness (QED) is 0.704. The summed E-state index contributed by atoms with van der Waals surface area (Å²) in [6.45, 7) is 0. The van der Waals surface area contributed by atoms with Crippen LogP contribution in [-0.2, 0) is 0 Å². The Morgan fingerprint density at radius 3 is 3.23 bits per heavy atom. The van der Waals surface area contributed by atoms with E-state index >= 15 is 0 Å². The van der Waals surface area contributed by atoms with Gasteiger partial charge in [-0.15, -0.1) is 0 Å². The summed E-state index contributed by atoms with van der Waals surface area (Å²) >= 11 is 0. The Bertz CT molecular complexity index is 339. The predicted molar refractivity (Wildman–Crippen MR) is 50.1 cm³/mol. The van der Waals surface area contributed by atoms with Crippen molar-refractivity contribution >= 4 is 6.08 Å². The van der Waals surface area contributed by atoms with Crippen molar-refractivity contribution in [3.8, 4) is 11.9 Å². The van der Waals surface area contributed by atoms with Crippen LogP contribution in [-0.4, -0.2) is 12.1 Å². The molecule has 0 saturated carbocycles. The average Bonchev–Trinajstić information content (AvgIpc) is 2.19. The lowest BCUT2D eigenvalue weighted by atomic mass is 10.2. The summed E-state index contributed by atoms with van der Waals surface area (Å²) < 4.78 is 5.03. The van der Waals surface area contributed by atoms with E-state index < -0.39 is 0 Å². The van der Waals surface area contributed by atoms with Crippen LogP contribution in [0.1, 0.15) is 12.0 Å². The van der Waals surface area contributed by atoms with Gasteiger partial charge in [0, 0.05) is 11.8 Å². The summed E-state index contributed by atoms with van der Waals surface area (Å²) in [5.74, 6) is 0.580. The lowest BCUT2D eigenvalue weighted by Crippen LogP contribution is -1.89. The number of aromatic nitrogens is 1. The summed E-state index contributed by atoms with van der Waals surface area (Å²) in [6.07, 6.45) is 5.67. The zero-order valence-electron chi connectivity index (χ0n) is 7.40. The first-order valence-corrected chi connectivity index (χ1v) is 3.91. The standard InChI is InChI=1S/C10H10N2O/c1-13-10-9(5-2-3-7-11)6-4-8-12-10/h2,4-6,8H,3H2,1H3. The summed E-state index contributed by atoms with van der Waals surface area (Å²) in [5.41, 5.74) is 0.889. The van der Waals surface area contributed by atoms with Gasteiger partial charge in [-0.25, -0.2) is 4.98 Å². The maximum Gasteiger partial charge on any atom is 0.220 e. The molecule has 0 aliphatic carbocycles. The number of methoxy groups -OCH3 is 1. The Balaban J connectivity index is 2.82. The second-order valence-electron chi connectivity index (χ2n) is 2.37. The number of ether oxygens (including phenoxy) is 1. The molecule has 66 valence electrons. The van der Waals surface area contributed by atoms with Crippen LogP contribution in [0.15, 0.2) is 24.4 Å². The third kappa shape index (κ3) is 2.60. The van der Waals surface area contributed by atoms with Crippen LogP contribution >= 0.6 is 0 Å². The molecule has 1 rings (SSSR count). The molecule has 0 N–H and O–H groups in total. The number of hydrogen-bond acceptors (Lipinski definition) is 3. The van der Waals surface area contributed by atoms with E-state index in [9.17, 15) is 0 Å². The Morgan fingerprint density at radius 2 is 2.54 bits per heavy atom. The molecule has 0 unspecified atom stereocenters. The first-order chi connectivity index (χ1) is 6.38. The van der Waals surface area contributed by atoms with E-state index in [1.807, 2.05) is 24.3 Å². The zero-order chi connectivity index (χ0) is 9.52. The third-order valence-corrected chi connectivity index (χ3v) is 1.50. The fraction of sp³-hybridized carbons (Fsp3) is 0.200. The molecule has 0 fully saturated rings. The van der Waals surface area contributed by atoms with Crippen molar-refractivity contribution in [3.63, 3.8) is 0 Å². The van der Waals surface area contributed by atoms with Crippen LogP contribution in [0.3, 0.4) is 0 Å². The normalized spacial score (nSPS) is 9.85. The van der Waals surface area contributed by atoms with Crippen molar-refractivity contribution in [3.05, 3.63) is 30.0 Å². The van der Waals surface area contributed by atoms with Crippen LogP contribution in [0, 0.1) is 11.3 Å². The van der Waals surface area contributed by atoms with Gasteiger partial charge in [-0.05, 0) is 12.1 Å². The SMILES string of the molecule is COc1ncccc1C=CCC#N. The highest BCUT2D eigenvalue weighted by Gasteiger charge is 1.96. The maximum atomic E-state index is 8.32. The summed E-state index contributed by atoms with van der Waals surface area (Å²) in [4.78, 5) is 4.02. The van der Waals surface area contributed by atoms with Gasteiger partial charge in [-0.2, -0.15) is 5.26 Å². The number of nitriles is 1. The fourth-order valence-corrected chi connectivity index (χ4v) is 0.939. The molecule has 3 nitrogen and oxygen atoms in total. The largest absolute Gasteiger partial charge is 0.481 e. The molecule has 13 heavy (non-hydrogen) atoms. The van der Waals surface area contributed by atoms with Gasteiger partial charge in [0.05, 0.1) is 19.6 Å². The molecule has 0 spiro atoms. The van der Waals surface area contributed by atoms with E-state index in [0.717, 1.165) is 5.56 Å². The second-order valence-corrected chi connectivity index (χ2v) is 2.37. The van der Waals surface area contributed by atoms with Gasteiger partial charge in [0.1, 0.15) is 0 Å². The minimum atomic E-state index is 0.401. The van der Waals surface area contributed by atoms with Crippen LogP contribution in [0.5, 0.6) is 5.88 Å². The molecule has 0 aromatic carbocycles. The molecule has 1 aromatic heterocycles. The van der Waals surface area contributed by atoms with Crippen LogP contribution in [0.25, 0.3) is 6.08 Å². The van der Waals surface area contributed by atoms with E-state index in [2.05, 4.69) is 4.98 Å². The average molecular weight is 174 g/mol. The molecule has 0 amide bonds. The minimum absolute atomic E-state index is 0.401. The molecule has 0 radical (unpaired) electrons. The Labute approximate surface area is 77.3 Å². The van der Waals surface area contributed by atoms with Gasteiger partial charge in [0.2, 0.25) is 5.88 Å². The number of pyridine rings is 1. The highest BCUT2D eigenvalue weighted by molar-refractivity contribution is 5.54. The molecule has 0 atom stereocenters. The number of rotatable bonds is 3. The molecular weight excluding hydrogens is 164 g/mol. The van der Waals surface area contributed by atoms with Gasteiger partial charge in [-0.1, -0.05) is 12.2 Å². The van der Waals surface area contributed by atoms with Gasteiger partial charge < -0.3 is 4.74 Å².